The van der Waals surface area contributed by atoms with Gasteiger partial charge in [0.25, 0.3) is 0 Å². The summed E-state index contributed by atoms with van der Waals surface area (Å²) in [5, 5.41) is 0. The van der Waals surface area contributed by atoms with Gasteiger partial charge in [0, 0.05) is 0 Å². The molecule has 0 N–H and O–H groups in total. The van der Waals surface area contributed by atoms with Crippen molar-refractivity contribution in [1.82, 2.24) is 0 Å². The van der Waals surface area contributed by atoms with Crippen LogP contribution in [0.1, 0.15) is 59.3 Å². The van der Waals surface area contributed by atoms with Gasteiger partial charge in [-0.3, -0.25) is 0 Å². The number of carbonyl (C=O) groups excluding carboxylic acids is 3. The molecule has 0 aliphatic carbocycles. The minimum absolute atomic E-state index is 0.303. The van der Waals surface area contributed by atoms with E-state index in [9.17, 15) is 14.4 Å². The van der Waals surface area contributed by atoms with E-state index < -0.39 is 5.60 Å². The van der Waals surface area contributed by atoms with Gasteiger partial charge in [0.1, 0.15) is 0 Å². The van der Waals surface area contributed by atoms with Crippen LogP contribution in [0.2, 0.25) is 0 Å². The Morgan fingerprint density at radius 3 is 1.20 bits per heavy atom. The van der Waals surface area contributed by atoms with Gasteiger partial charge in [-0.2, -0.15) is 0 Å². The molecule has 0 unspecified atom stereocenters. The molecule has 0 aromatic carbocycles. The standard InChI is InChI=1S/C22H33O7.Zr/c1-4-10-19(23)27-16-7-13-22(26,14-8-17-28-20(24)11-5-2)15-9-18-29-21(25)12-6-3;/h4-6,10-12H,7-9,13-18H2,1-3H3;/q-1;+1. The van der Waals surface area contributed by atoms with Crippen molar-refractivity contribution >= 4 is 17.9 Å². The summed E-state index contributed by atoms with van der Waals surface area (Å²) in [6.45, 7) is 6.18. The first-order valence-corrected chi connectivity index (χ1v) is 11.2. The Morgan fingerprint density at radius 2 is 0.967 bits per heavy atom. The van der Waals surface area contributed by atoms with E-state index in [-0.39, 0.29) is 17.9 Å². The van der Waals surface area contributed by atoms with Crippen LogP contribution in [0.4, 0.5) is 0 Å². The van der Waals surface area contributed by atoms with Crippen molar-refractivity contribution in [2.24, 2.45) is 0 Å². The third kappa shape index (κ3) is 14.5. The zero-order valence-corrected chi connectivity index (χ0v) is 20.6. The Balaban J connectivity index is 4.68. The number of esters is 3. The second-order valence-corrected chi connectivity index (χ2v) is 7.10. The summed E-state index contributed by atoms with van der Waals surface area (Å²) in [7, 11) is 0. The molecular weight excluding hydrogens is 467 g/mol. The molecular formula is C22H33O7Zr. The Bertz CT molecular complexity index is 517. The monoisotopic (exact) mass is 499 g/mol. The van der Waals surface area contributed by atoms with Crippen LogP contribution in [0, 0.1) is 0 Å². The molecule has 7 nitrogen and oxygen atoms in total. The Hall–Kier alpha value is -1.53. The quantitative estimate of drug-likeness (QED) is 0.137. The van der Waals surface area contributed by atoms with Crippen LogP contribution in [-0.2, 0) is 56.6 Å². The van der Waals surface area contributed by atoms with Crippen LogP contribution in [0.3, 0.4) is 0 Å². The van der Waals surface area contributed by atoms with Crippen LogP contribution in [-0.4, -0.2) is 43.3 Å². The molecule has 0 fully saturated rings. The predicted molar refractivity (Wildman–Crippen MR) is 109 cm³/mol. The third-order valence-corrected chi connectivity index (χ3v) is 5.25. The molecule has 0 saturated carbocycles. The molecule has 0 atom stereocenters. The Labute approximate surface area is 195 Å². The molecule has 0 saturated heterocycles. The van der Waals surface area contributed by atoms with Crippen molar-refractivity contribution in [3.05, 3.63) is 36.5 Å². The number of hydrogen-bond acceptors (Lipinski definition) is 7. The number of ether oxygens (including phenoxy) is 3. The van der Waals surface area contributed by atoms with Gasteiger partial charge in [0.05, 0.1) is 0 Å². The summed E-state index contributed by atoms with van der Waals surface area (Å²) in [5.41, 5.74) is -0.439. The fourth-order valence-corrected chi connectivity index (χ4v) is 3.53. The van der Waals surface area contributed by atoms with Gasteiger partial charge in [-0.15, -0.1) is 0 Å². The molecule has 0 radical (unpaired) electrons. The van der Waals surface area contributed by atoms with Crippen LogP contribution < -0.4 is 0 Å². The average Bonchev–Trinajstić information content (AvgIpc) is 2.72. The summed E-state index contributed by atoms with van der Waals surface area (Å²) in [5.74, 6) is -1.09. The molecule has 8 heteroatoms. The molecule has 0 rings (SSSR count). The Morgan fingerprint density at radius 1 is 0.667 bits per heavy atom. The normalized spacial score (nSPS) is 13.5. The van der Waals surface area contributed by atoms with Crippen molar-refractivity contribution in [3.63, 3.8) is 0 Å². The first kappa shape index (κ1) is 28.5. The summed E-state index contributed by atoms with van der Waals surface area (Å²) >= 11 is 0.926. The van der Waals surface area contributed by atoms with Gasteiger partial charge in [-0.05, 0) is 0 Å². The number of allylic oxidation sites excluding steroid dienone is 3. The van der Waals surface area contributed by atoms with E-state index in [1.54, 1.807) is 39.0 Å². The van der Waals surface area contributed by atoms with E-state index >= 15 is 0 Å². The van der Waals surface area contributed by atoms with E-state index in [2.05, 4.69) is 0 Å². The molecule has 0 aromatic rings. The van der Waals surface area contributed by atoms with Gasteiger partial charge in [0.15, 0.2) is 0 Å². The van der Waals surface area contributed by atoms with E-state index in [0.717, 1.165) is 25.2 Å². The Kier molecular flexibility index (Phi) is 17.3. The number of rotatable bonds is 16. The third-order valence-electron chi connectivity index (χ3n) is 4.19. The van der Waals surface area contributed by atoms with E-state index in [0.29, 0.717) is 58.3 Å². The molecule has 167 valence electrons. The van der Waals surface area contributed by atoms with Crippen LogP contribution in [0.5, 0.6) is 0 Å². The topological polar surface area (TPSA) is 88.1 Å². The van der Waals surface area contributed by atoms with E-state index in [1.807, 2.05) is 0 Å². The van der Waals surface area contributed by atoms with Crippen molar-refractivity contribution in [1.29, 1.82) is 0 Å². The molecule has 0 amide bonds. The molecule has 30 heavy (non-hydrogen) atoms. The molecule has 0 aliphatic heterocycles. The second kappa shape index (κ2) is 18.3. The van der Waals surface area contributed by atoms with Crippen molar-refractivity contribution in [2.45, 2.75) is 64.9 Å². The van der Waals surface area contributed by atoms with E-state index in [1.165, 1.54) is 18.2 Å². The fourth-order valence-electron chi connectivity index (χ4n) is 2.78. The maximum absolute atomic E-state index is 11.4. The van der Waals surface area contributed by atoms with Gasteiger partial charge in [0.2, 0.25) is 0 Å². The molecule has 0 heterocycles. The minimum atomic E-state index is -0.439. The summed E-state index contributed by atoms with van der Waals surface area (Å²) in [4.78, 5) is 34.3. The van der Waals surface area contributed by atoms with Gasteiger partial charge in [-0.25, -0.2) is 0 Å². The maximum atomic E-state index is 11.4. The molecule has 0 aromatic heterocycles. The summed E-state index contributed by atoms with van der Waals surface area (Å²) < 4.78 is 21.4. The van der Waals surface area contributed by atoms with Crippen LogP contribution >= 0.6 is 0 Å². The summed E-state index contributed by atoms with van der Waals surface area (Å²) in [6.07, 6.45) is 13.1. The molecule has 0 spiro atoms. The van der Waals surface area contributed by atoms with Crippen molar-refractivity contribution < 1.29 is 56.6 Å². The van der Waals surface area contributed by atoms with Gasteiger partial charge in [-0.1, -0.05) is 0 Å². The SMILES string of the molecule is CC=CC(=O)OCCCC(CCCOC(=O)C=CC)(CCCOC(=O)C=CC)[O][Zr]. The first-order chi connectivity index (χ1) is 14.4. The van der Waals surface area contributed by atoms with Crippen molar-refractivity contribution in [2.75, 3.05) is 19.8 Å². The average molecular weight is 501 g/mol. The molecule has 0 bridgehead atoms. The zero-order chi connectivity index (χ0) is 22.7. The van der Waals surface area contributed by atoms with E-state index in [4.69, 9.17) is 17.0 Å². The predicted octanol–water partition coefficient (Wildman–Crippen LogP) is 3.90. The van der Waals surface area contributed by atoms with Crippen molar-refractivity contribution in [3.8, 4) is 0 Å². The van der Waals surface area contributed by atoms with Gasteiger partial charge >= 0.3 is 196 Å². The van der Waals surface area contributed by atoms with Gasteiger partial charge < -0.3 is 0 Å². The zero-order valence-electron chi connectivity index (χ0n) is 18.2. The summed E-state index contributed by atoms with van der Waals surface area (Å²) in [6, 6.07) is 0. The second-order valence-electron chi connectivity index (χ2n) is 6.60. The first-order valence-electron chi connectivity index (χ1n) is 10.2. The van der Waals surface area contributed by atoms with Crippen LogP contribution in [0.15, 0.2) is 36.5 Å². The van der Waals surface area contributed by atoms with Crippen LogP contribution in [0.25, 0.3) is 0 Å². The number of hydrogen-bond donors (Lipinski definition) is 0. The molecule has 0 aliphatic rings. The number of carbonyl (C=O) groups is 3. The fraction of sp³-hybridized carbons (Fsp3) is 0.591.